The van der Waals surface area contributed by atoms with E-state index in [9.17, 15) is 21.6 Å². The molecule has 0 atom stereocenters. The molecule has 0 saturated carbocycles. The minimum atomic E-state index is -5.08. The van der Waals surface area contributed by atoms with Crippen molar-refractivity contribution in [3.63, 3.8) is 0 Å². The number of thiophene rings is 1. The number of alkyl halides is 3. The molecule has 0 aliphatic carbocycles. The second-order valence-corrected chi connectivity index (χ2v) is 11.0. The van der Waals surface area contributed by atoms with Gasteiger partial charge in [0.15, 0.2) is 0 Å². The molecule has 3 rings (SSSR count). The van der Waals surface area contributed by atoms with Gasteiger partial charge in [-0.15, -0.1) is 29.7 Å². The van der Waals surface area contributed by atoms with Gasteiger partial charge in [0, 0.05) is 11.0 Å². The molecule has 2 aromatic heterocycles. The van der Waals surface area contributed by atoms with Gasteiger partial charge in [-0.1, -0.05) is 6.08 Å². The molecule has 178 valence electrons. The van der Waals surface area contributed by atoms with Crippen molar-refractivity contribution in [2.24, 2.45) is 5.73 Å². The minimum Gasteiger partial charge on any atom is -0.475 e. The Bertz CT molecular complexity index is 1330. The molecule has 3 aromatic rings. The number of thioether (sulfide) groups is 1. The highest BCUT2D eigenvalue weighted by atomic mass is 79.9. The molecule has 0 fully saturated rings. The van der Waals surface area contributed by atoms with Gasteiger partial charge in [-0.2, -0.15) is 13.2 Å². The molecule has 0 amide bonds. The molecular formula is C18H16BrF3N4O4S3. The zero-order chi connectivity index (χ0) is 25.1. The fraction of sp³-hybridized carbons (Fsp3) is 0.167. The Morgan fingerprint density at radius 1 is 1.42 bits per heavy atom. The van der Waals surface area contributed by atoms with Crippen molar-refractivity contribution in [1.29, 1.82) is 5.41 Å². The predicted molar refractivity (Wildman–Crippen MR) is 124 cm³/mol. The minimum absolute atomic E-state index is 0.146. The number of aromatic nitrogens is 2. The van der Waals surface area contributed by atoms with E-state index >= 15 is 0 Å². The van der Waals surface area contributed by atoms with E-state index in [1.165, 1.54) is 29.2 Å². The third kappa shape index (κ3) is 5.96. The van der Waals surface area contributed by atoms with Gasteiger partial charge in [-0.25, -0.2) is 18.2 Å². The maximum Gasteiger partial charge on any atom is 0.490 e. The average molecular weight is 585 g/mol. The number of aliphatic carboxylic acids is 1. The fourth-order valence-corrected chi connectivity index (χ4v) is 7.09. The van der Waals surface area contributed by atoms with E-state index < -0.39 is 22.0 Å². The van der Waals surface area contributed by atoms with Crippen molar-refractivity contribution < 1.29 is 31.5 Å². The molecule has 8 nitrogen and oxygen atoms in total. The zero-order valence-corrected chi connectivity index (χ0v) is 20.7. The summed E-state index contributed by atoms with van der Waals surface area (Å²) in [5.41, 5.74) is 6.92. The molecule has 33 heavy (non-hydrogen) atoms. The Morgan fingerprint density at radius 3 is 2.52 bits per heavy atom. The maximum absolute atomic E-state index is 13.2. The molecule has 0 radical (unpaired) electrons. The van der Waals surface area contributed by atoms with Crippen molar-refractivity contribution in [2.45, 2.75) is 26.7 Å². The number of hydrogen-bond acceptors (Lipinski definition) is 7. The average Bonchev–Trinajstić information content (AvgIpc) is 3.33. The van der Waals surface area contributed by atoms with E-state index in [2.05, 4.69) is 27.5 Å². The van der Waals surface area contributed by atoms with Crippen molar-refractivity contribution in [1.82, 2.24) is 9.55 Å². The van der Waals surface area contributed by atoms with Crippen LogP contribution in [-0.4, -0.2) is 47.3 Å². The van der Waals surface area contributed by atoms with E-state index in [0.29, 0.717) is 31.1 Å². The number of allylic oxidation sites excluding steroid dienone is 1. The Kier molecular flexibility index (Phi) is 8.37. The van der Waals surface area contributed by atoms with Crippen LogP contribution in [0.25, 0.3) is 11.0 Å². The number of benzene rings is 1. The van der Waals surface area contributed by atoms with Gasteiger partial charge in [0.1, 0.15) is 11.4 Å². The number of imidazole rings is 1. The second kappa shape index (κ2) is 10.3. The van der Waals surface area contributed by atoms with Crippen molar-refractivity contribution in [2.75, 3.05) is 6.26 Å². The van der Waals surface area contributed by atoms with Gasteiger partial charge >= 0.3 is 12.1 Å². The lowest BCUT2D eigenvalue weighted by molar-refractivity contribution is -0.192. The summed E-state index contributed by atoms with van der Waals surface area (Å²) in [6.07, 6.45) is 0.0896. The molecule has 4 N–H and O–H groups in total. The number of hydrogen-bond donors (Lipinski definition) is 3. The molecule has 0 aliphatic rings. The van der Waals surface area contributed by atoms with Gasteiger partial charge in [-0.3, -0.25) is 5.41 Å². The number of nitrogens with two attached hydrogens (primary N) is 1. The molecule has 2 heterocycles. The standard InChI is InChI=1S/C16H15BrN4O2S3.C2HF3O2/c1-3-4-21-8-20-14-10(17)5-9(6-11(14)21)26(22,23)13-7-12(15(18)19)25-16(13)24-2;3-2(4,5)1(6)7/h3,5-8H,1,4H2,2H3,(H3,18,19);(H,6,7). The van der Waals surface area contributed by atoms with Crippen LogP contribution < -0.4 is 5.73 Å². The summed E-state index contributed by atoms with van der Waals surface area (Å²) >= 11 is 5.94. The number of carboxylic acids is 1. The number of nitrogens with zero attached hydrogens (tertiary/aromatic N) is 2. The van der Waals surface area contributed by atoms with Crippen LogP contribution in [0.1, 0.15) is 4.88 Å². The Hall–Kier alpha value is -2.36. The summed E-state index contributed by atoms with van der Waals surface area (Å²) in [4.78, 5) is 14.0. The van der Waals surface area contributed by atoms with E-state index in [4.69, 9.17) is 21.0 Å². The lowest BCUT2D eigenvalue weighted by atomic mass is 10.3. The van der Waals surface area contributed by atoms with Crippen LogP contribution in [0.15, 0.2) is 55.7 Å². The maximum atomic E-state index is 13.2. The van der Waals surface area contributed by atoms with Gasteiger partial charge < -0.3 is 15.4 Å². The number of nitrogen functional groups attached to an aromatic ring is 1. The summed E-state index contributed by atoms with van der Waals surface area (Å²) in [7, 11) is -3.78. The molecular weight excluding hydrogens is 569 g/mol. The number of nitrogens with one attached hydrogen (secondary N) is 1. The van der Waals surface area contributed by atoms with Crippen LogP contribution in [0.5, 0.6) is 0 Å². The summed E-state index contributed by atoms with van der Waals surface area (Å²) in [6, 6.07) is 4.63. The van der Waals surface area contributed by atoms with Crippen LogP contribution in [0.4, 0.5) is 13.2 Å². The van der Waals surface area contributed by atoms with Crippen molar-refractivity contribution >= 4 is 71.7 Å². The number of halogens is 4. The summed E-state index contributed by atoms with van der Waals surface area (Å²) in [5, 5.41) is 14.7. The Balaban J connectivity index is 0.000000479. The number of fused-ring (bicyclic) bond motifs is 1. The number of carbonyl (C=O) groups is 1. The van der Waals surface area contributed by atoms with Gasteiger partial charge in [0.2, 0.25) is 9.84 Å². The third-order valence-corrected chi connectivity index (χ3v) is 8.86. The number of sulfone groups is 1. The second-order valence-electron chi connectivity index (χ2n) is 6.14. The van der Waals surface area contributed by atoms with Crippen LogP contribution in [0, 0.1) is 5.41 Å². The van der Waals surface area contributed by atoms with Gasteiger partial charge in [0.05, 0.1) is 30.7 Å². The molecule has 15 heteroatoms. The van der Waals surface area contributed by atoms with Crippen molar-refractivity contribution in [3.05, 3.63) is 46.5 Å². The smallest absolute Gasteiger partial charge is 0.475 e. The van der Waals surface area contributed by atoms with Gasteiger partial charge in [0.25, 0.3) is 0 Å². The topological polar surface area (TPSA) is 139 Å². The van der Waals surface area contributed by atoms with Crippen LogP contribution >= 0.6 is 39.0 Å². The van der Waals surface area contributed by atoms with E-state index in [0.717, 1.165) is 0 Å². The first kappa shape index (κ1) is 26.9. The predicted octanol–water partition coefficient (Wildman–Crippen LogP) is 4.52. The highest BCUT2D eigenvalue weighted by Crippen LogP contribution is 2.38. The normalized spacial score (nSPS) is 11.7. The molecule has 0 spiro atoms. The summed E-state index contributed by atoms with van der Waals surface area (Å²) < 4.78 is 61.3. The lowest BCUT2D eigenvalue weighted by Gasteiger charge is -2.07. The monoisotopic (exact) mass is 584 g/mol. The van der Waals surface area contributed by atoms with Crippen LogP contribution in [0.2, 0.25) is 0 Å². The molecule has 0 aliphatic heterocycles. The highest BCUT2D eigenvalue weighted by Gasteiger charge is 2.38. The van der Waals surface area contributed by atoms with Crippen molar-refractivity contribution in [3.8, 4) is 0 Å². The molecule has 0 saturated heterocycles. The fourth-order valence-electron chi connectivity index (χ4n) is 2.48. The zero-order valence-electron chi connectivity index (χ0n) is 16.7. The Morgan fingerprint density at radius 2 is 2.03 bits per heavy atom. The van der Waals surface area contributed by atoms with E-state index in [1.807, 2.05) is 4.57 Å². The van der Waals surface area contributed by atoms with E-state index in [-0.39, 0.29) is 15.6 Å². The largest absolute Gasteiger partial charge is 0.490 e. The lowest BCUT2D eigenvalue weighted by Crippen LogP contribution is -2.21. The van der Waals surface area contributed by atoms with Crippen LogP contribution in [-0.2, 0) is 21.2 Å². The highest BCUT2D eigenvalue weighted by molar-refractivity contribution is 9.10. The number of carboxylic acid groups (broad SMARTS) is 1. The molecule has 0 bridgehead atoms. The third-order valence-electron chi connectivity index (χ3n) is 3.94. The van der Waals surface area contributed by atoms with Crippen LogP contribution in [0.3, 0.4) is 0 Å². The molecule has 0 unspecified atom stereocenters. The quantitative estimate of drug-likeness (QED) is 0.167. The first-order chi connectivity index (χ1) is 15.2. The van der Waals surface area contributed by atoms with E-state index in [1.54, 1.807) is 30.8 Å². The van der Waals surface area contributed by atoms with Gasteiger partial charge in [-0.05, 0) is 40.4 Å². The SMILES string of the molecule is C=CCn1cnc2c(Br)cc(S(=O)(=O)c3cc(C(=N)N)sc3SC)cc21.O=C(O)C(F)(F)F. The number of rotatable bonds is 6. The Labute approximate surface area is 202 Å². The first-order valence-corrected chi connectivity index (χ1v) is 12.9. The number of amidine groups is 1. The molecule has 1 aromatic carbocycles. The summed E-state index contributed by atoms with van der Waals surface area (Å²) in [6.45, 7) is 4.24. The first-order valence-electron chi connectivity index (χ1n) is 8.56. The summed E-state index contributed by atoms with van der Waals surface area (Å²) in [5.74, 6) is -2.90.